The van der Waals surface area contributed by atoms with Gasteiger partial charge in [-0.1, -0.05) is 0 Å². The zero-order valence-electron chi connectivity index (χ0n) is 19.1. The van der Waals surface area contributed by atoms with Crippen molar-refractivity contribution in [1.82, 2.24) is 25.9 Å². The van der Waals surface area contributed by atoms with E-state index >= 15 is 0 Å². The molecule has 0 bridgehead atoms. The predicted octanol–water partition coefficient (Wildman–Crippen LogP) is -5.17. The second-order valence-corrected chi connectivity index (χ2v) is 7.76. The number of amides is 6. The normalized spacial score (nSPS) is 13.9. The van der Waals surface area contributed by atoms with E-state index in [9.17, 15) is 38.7 Å². The van der Waals surface area contributed by atoms with Crippen LogP contribution in [0, 0.1) is 0 Å². The molecule has 36 heavy (non-hydrogen) atoms. The third kappa shape index (κ3) is 10.6. The first-order valence-corrected chi connectivity index (χ1v) is 10.5. The van der Waals surface area contributed by atoms with Crippen molar-refractivity contribution in [3.05, 3.63) is 18.2 Å². The Morgan fingerprint density at radius 2 is 1.36 bits per heavy atom. The standard InChI is InChI=1S/C19H29N9O8/c20-9(1-2-13(21)29)16(32)26-10(3-8-6-24-7-25-8)17(33)27-11(4-14(22)30)18(34)28-12(19(35)36)5-15(23)31/h6-7,9-12H,1-5,20H2,(H2,21,29)(H2,22,30)(H2,23,31)(H,24,25)(H,26,32)(H,27,33)(H,28,34)(H,35,36). The van der Waals surface area contributed by atoms with E-state index in [2.05, 4.69) is 20.6 Å². The summed E-state index contributed by atoms with van der Waals surface area (Å²) < 4.78 is 0. The molecule has 17 nitrogen and oxygen atoms in total. The molecule has 0 saturated heterocycles. The maximum atomic E-state index is 13.0. The fraction of sp³-hybridized carbons (Fsp3) is 0.474. The molecule has 4 atom stereocenters. The molecule has 0 fully saturated rings. The van der Waals surface area contributed by atoms with Crippen molar-refractivity contribution in [3.8, 4) is 0 Å². The predicted molar refractivity (Wildman–Crippen MR) is 120 cm³/mol. The molecule has 0 aliphatic carbocycles. The number of carboxylic acids is 1. The highest BCUT2D eigenvalue weighted by atomic mass is 16.4. The maximum Gasteiger partial charge on any atom is 0.326 e. The molecular formula is C19H29N9O8. The number of imidazole rings is 1. The highest BCUT2D eigenvalue weighted by Gasteiger charge is 2.32. The van der Waals surface area contributed by atoms with Gasteiger partial charge in [-0.3, -0.25) is 28.8 Å². The van der Waals surface area contributed by atoms with Gasteiger partial charge in [0.25, 0.3) is 0 Å². The van der Waals surface area contributed by atoms with Gasteiger partial charge in [-0.25, -0.2) is 9.78 Å². The van der Waals surface area contributed by atoms with Crippen molar-refractivity contribution in [2.45, 2.75) is 56.3 Å². The van der Waals surface area contributed by atoms with Crippen LogP contribution in [0.2, 0.25) is 0 Å². The van der Waals surface area contributed by atoms with Crippen molar-refractivity contribution in [2.75, 3.05) is 0 Å². The molecule has 6 amide bonds. The minimum atomic E-state index is -1.73. The highest BCUT2D eigenvalue weighted by Crippen LogP contribution is 2.04. The third-order valence-electron chi connectivity index (χ3n) is 4.71. The molecule has 0 aromatic carbocycles. The summed E-state index contributed by atoms with van der Waals surface area (Å²) in [5, 5.41) is 15.8. The van der Waals surface area contributed by atoms with E-state index in [0.717, 1.165) is 0 Å². The van der Waals surface area contributed by atoms with Crippen molar-refractivity contribution in [3.63, 3.8) is 0 Å². The fourth-order valence-electron chi connectivity index (χ4n) is 2.89. The molecule has 1 aromatic heterocycles. The van der Waals surface area contributed by atoms with Crippen LogP contribution in [0.25, 0.3) is 0 Å². The van der Waals surface area contributed by atoms with Crippen LogP contribution >= 0.6 is 0 Å². The summed E-state index contributed by atoms with van der Waals surface area (Å²) in [6, 6.07) is -5.92. The third-order valence-corrected chi connectivity index (χ3v) is 4.71. The van der Waals surface area contributed by atoms with Crippen LogP contribution in [0.5, 0.6) is 0 Å². The quantitative estimate of drug-likeness (QED) is 0.102. The number of hydrogen-bond acceptors (Lipinski definition) is 9. The Balaban J connectivity index is 3.06. The molecule has 17 heteroatoms. The SMILES string of the molecule is NC(=O)CCC(N)C(=O)NC(Cc1cnc[nH]1)C(=O)NC(CC(N)=O)C(=O)NC(CC(N)=O)C(=O)O. The van der Waals surface area contributed by atoms with Crippen LogP contribution in [-0.4, -0.2) is 80.7 Å². The lowest BCUT2D eigenvalue weighted by molar-refractivity contribution is -0.144. The Bertz CT molecular complexity index is 982. The van der Waals surface area contributed by atoms with E-state index in [1.54, 1.807) is 0 Å². The number of aliphatic carboxylic acids is 1. The number of primary amides is 3. The van der Waals surface area contributed by atoms with Crippen LogP contribution in [0.4, 0.5) is 0 Å². The molecule has 0 radical (unpaired) electrons. The Labute approximate surface area is 204 Å². The molecule has 1 aromatic rings. The van der Waals surface area contributed by atoms with E-state index < -0.39 is 78.4 Å². The van der Waals surface area contributed by atoms with Crippen molar-refractivity contribution >= 4 is 41.4 Å². The van der Waals surface area contributed by atoms with E-state index in [4.69, 9.17) is 22.9 Å². The van der Waals surface area contributed by atoms with E-state index in [1.807, 2.05) is 5.32 Å². The summed E-state index contributed by atoms with van der Waals surface area (Å²) in [5.41, 5.74) is 21.3. The summed E-state index contributed by atoms with van der Waals surface area (Å²) in [4.78, 5) is 89.4. The molecule has 0 saturated carbocycles. The number of rotatable bonds is 16. The average Bonchev–Trinajstić information content (AvgIpc) is 3.28. The van der Waals surface area contributed by atoms with E-state index in [-0.39, 0.29) is 19.3 Å². The lowest BCUT2D eigenvalue weighted by Crippen LogP contribution is -2.58. The maximum absolute atomic E-state index is 13.0. The van der Waals surface area contributed by atoms with Gasteiger partial charge in [-0.15, -0.1) is 0 Å². The molecule has 1 rings (SSSR count). The monoisotopic (exact) mass is 511 g/mol. The van der Waals surface area contributed by atoms with Crippen molar-refractivity contribution in [2.24, 2.45) is 22.9 Å². The topological polar surface area (TPSA) is 309 Å². The minimum absolute atomic E-state index is 0.0945. The number of nitrogens with zero attached hydrogens (tertiary/aromatic N) is 1. The second kappa shape index (κ2) is 14.0. The number of carbonyl (C=O) groups is 7. The summed E-state index contributed by atoms with van der Waals surface area (Å²) in [7, 11) is 0. The Morgan fingerprint density at radius 1 is 0.833 bits per heavy atom. The Kier molecular flexibility index (Phi) is 11.5. The number of aromatic amines is 1. The van der Waals surface area contributed by atoms with Gasteiger partial charge in [0, 0.05) is 24.7 Å². The number of hydrogen-bond donors (Lipinski definition) is 9. The van der Waals surface area contributed by atoms with Crippen LogP contribution < -0.4 is 38.9 Å². The lowest BCUT2D eigenvalue weighted by atomic mass is 10.1. The number of carbonyl (C=O) groups excluding carboxylic acids is 6. The summed E-state index contributed by atoms with van der Waals surface area (Å²) in [6.45, 7) is 0. The fourth-order valence-corrected chi connectivity index (χ4v) is 2.89. The van der Waals surface area contributed by atoms with Crippen LogP contribution in [0.1, 0.15) is 31.4 Å². The van der Waals surface area contributed by atoms with Crippen LogP contribution in [0.15, 0.2) is 12.5 Å². The summed E-state index contributed by atoms with van der Waals surface area (Å²) in [5.74, 6) is -7.20. The first-order chi connectivity index (χ1) is 16.8. The Hall–Kier alpha value is -4.54. The van der Waals surface area contributed by atoms with E-state index in [1.165, 1.54) is 12.5 Å². The number of H-pyrrole nitrogens is 1. The zero-order chi connectivity index (χ0) is 27.4. The average molecular weight is 511 g/mol. The zero-order valence-corrected chi connectivity index (χ0v) is 19.1. The van der Waals surface area contributed by atoms with Crippen molar-refractivity contribution < 1.29 is 38.7 Å². The number of nitrogens with two attached hydrogens (primary N) is 4. The number of carboxylic acid groups (broad SMARTS) is 1. The lowest BCUT2D eigenvalue weighted by Gasteiger charge is -2.24. The molecule has 0 aliphatic heterocycles. The molecule has 4 unspecified atom stereocenters. The van der Waals surface area contributed by atoms with E-state index in [0.29, 0.717) is 5.69 Å². The first-order valence-electron chi connectivity index (χ1n) is 10.5. The molecule has 1 heterocycles. The highest BCUT2D eigenvalue weighted by molar-refractivity contribution is 5.96. The van der Waals surface area contributed by atoms with Gasteiger partial charge < -0.3 is 49.0 Å². The van der Waals surface area contributed by atoms with Gasteiger partial charge in [0.15, 0.2) is 0 Å². The van der Waals surface area contributed by atoms with Gasteiger partial charge in [0.1, 0.15) is 18.1 Å². The number of nitrogens with one attached hydrogen (secondary N) is 4. The van der Waals surface area contributed by atoms with Gasteiger partial charge in [0.05, 0.1) is 25.2 Å². The van der Waals surface area contributed by atoms with Crippen LogP contribution in [0.3, 0.4) is 0 Å². The van der Waals surface area contributed by atoms with Crippen LogP contribution in [-0.2, 0) is 40.0 Å². The molecule has 13 N–H and O–H groups in total. The van der Waals surface area contributed by atoms with Gasteiger partial charge in [-0.05, 0) is 6.42 Å². The summed E-state index contributed by atoms with van der Waals surface area (Å²) in [6.07, 6.45) is 0.784. The van der Waals surface area contributed by atoms with Crippen molar-refractivity contribution in [1.29, 1.82) is 0 Å². The smallest absolute Gasteiger partial charge is 0.326 e. The minimum Gasteiger partial charge on any atom is -0.480 e. The largest absolute Gasteiger partial charge is 0.480 e. The van der Waals surface area contributed by atoms with Gasteiger partial charge in [0.2, 0.25) is 35.4 Å². The molecular weight excluding hydrogens is 482 g/mol. The number of aromatic nitrogens is 2. The molecule has 0 spiro atoms. The molecule has 0 aliphatic rings. The summed E-state index contributed by atoms with van der Waals surface area (Å²) >= 11 is 0. The second-order valence-electron chi connectivity index (χ2n) is 7.76. The van der Waals surface area contributed by atoms with Gasteiger partial charge in [-0.2, -0.15) is 0 Å². The first kappa shape index (κ1) is 29.5. The molecule has 198 valence electrons. The van der Waals surface area contributed by atoms with Gasteiger partial charge >= 0.3 is 5.97 Å². The Morgan fingerprint density at radius 3 is 1.86 bits per heavy atom.